The smallest absolute Gasteiger partial charge is 0.0641 e. The molecule has 1 aromatic carbocycles. The molecule has 1 atom stereocenters. The van der Waals surface area contributed by atoms with E-state index in [1.807, 2.05) is 13.8 Å². The molecule has 3 nitrogen and oxygen atoms in total. The van der Waals surface area contributed by atoms with Crippen LogP contribution >= 0.6 is 0 Å². The van der Waals surface area contributed by atoms with E-state index in [9.17, 15) is 0 Å². The van der Waals surface area contributed by atoms with Crippen LogP contribution in [0.15, 0.2) is 18.2 Å². The van der Waals surface area contributed by atoms with Crippen LogP contribution < -0.4 is 10.6 Å². The van der Waals surface area contributed by atoms with E-state index in [0.717, 1.165) is 26.2 Å². The summed E-state index contributed by atoms with van der Waals surface area (Å²) in [5.74, 6) is 0. The molecule has 1 unspecified atom stereocenters. The number of ether oxygens (including phenoxy) is 1. The van der Waals surface area contributed by atoms with Gasteiger partial charge in [-0.1, -0.05) is 12.1 Å². The molecule has 0 spiro atoms. The van der Waals surface area contributed by atoms with Gasteiger partial charge >= 0.3 is 0 Å². The SMILES string of the molecule is CCOCCN(C)c1ccc(CC(C)N)cc1C. The summed E-state index contributed by atoms with van der Waals surface area (Å²) in [6.07, 6.45) is 0.934. The minimum Gasteiger partial charge on any atom is -0.380 e. The number of hydrogen-bond acceptors (Lipinski definition) is 3. The molecular formula is C15H26N2O. The van der Waals surface area contributed by atoms with Crippen molar-refractivity contribution in [2.45, 2.75) is 33.2 Å². The largest absolute Gasteiger partial charge is 0.380 e. The van der Waals surface area contributed by atoms with Gasteiger partial charge in [0, 0.05) is 31.9 Å². The normalized spacial score (nSPS) is 12.5. The van der Waals surface area contributed by atoms with Gasteiger partial charge in [0.15, 0.2) is 0 Å². The third-order valence-corrected chi connectivity index (χ3v) is 3.01. The highest BCUT2D eigenvalue weighted by Crippen LogP contribution is 2.20. The van der Waals surface area contributed by atoms with Crippen LogP contribution in [-0.2, 0) is 11.2 Å². The molecule has 0 heterocycles. The van der Waals surface area contributed by atoms with E-state index in [2.05, 4.69) is 37.1 Å². The van der Waals surface area contributed by atoms with Crippen molar-refractivity contribution >= 4 is 5.69 Å². The first-order valence-corrected chi connectivity index (χ1v) is 6.68. The van der Waals surface area contributed by atoms with Crippen molar-refractivity contribution < 1.29 is 4.74 Å². The summed E-state index contributed by atoms with van der Waals surface area (Å²) in [5.41, 5.74) is 9.70. The maximum atomic E-state index is 5.83. The molecule has 102 valence electrons. The molecule has 18 heavy (non-hydrogen) atoms. The average Bonchev–Trinajstić information content (AvgIpc) is 2.28. The van der Waals surface area contributed by atoms with Gasteiger partial charge in [-0.05, 0) is 44.4 Å². The average molecular weight is 250 g/mol. The molecule has 0 aliphatic carbocycles. The Bertz CT molecular complexity index is 364. The standard InChI is InChI=1S/C15H26N2O/c1-5-18-9-8-17(4)15-7-6-14(10-12(15)2)11-13(3)16/h6-7,10,13H,5,8-9,11,16H2,1-4H3. The highest BCUT2D eigenvalue weighted by Gasteiger charge is 2.06. The van der Waals surface area contributed by atoms with Crippen LogP contribution in [-0.4, -0.2) is 32.8 Å². The Hall–Kier alpha value is -1.06. The van der Waals surface area contributed by atoms with Gasteiger partial charge in [-0.15, -0.1) is 0 Å². The number of hydrogen-bond donors (Lipinski definition) is 1. The molecule has 0 aliphatic heterocycles. The molecular weight excluding hydrogens is 224 g/mol. The van der Waals surface area contributed by atoms with Crippen molar-refractivity contribution in [2.24, 2.45) is 5.73 Å². The molecule has 1 aromatic rings. The van der Waals surface area contributed by atoms with Crippen LogP contribution in [0.1, 0.15) is 25.0 Å². The first kappa shape index (κ1) is 15.0. The minimum absolute atomic E-state index is 0.214. The van der Waals surface area contributed by atoms with E-state index < -0.39 is 0 Å². The lowest BCUT2D eigenvalue weighted by atomic mass is 10.0. The number of rotatable bonds is 7. The maximum absolute atomic E-state index is 5.83. The zero-order valence-corrected chi connectivity index (χ0v) is 12.1. The lowest BCUT2D eigenvalue weighted by Gasteiger charge is -2.22. The molecule has 2 N–H and O–H groups in total. The third kappa shape index (κ3) is 4.67. The maximum Gasteiger partial charge on any atom is 0.0641 e. The van der Waals surface area contributed by atoms with Gasteiger partial charge in [-0.3, -0.25) is 0 Å². The lowest BCUT2D eigenvalue weighted by molar-refractivity contribution is 0.154. The number of aryl methyl sites for hydroxylation is 1. The van der Waals surface area contributed by atoms with Gasteiger partial charge in [0.1, 0.15) is 0 Å². The Morgan fingerprint density at radius 3 is 2.67 bits per heavy atom. The van der Waals surface area contributed by atoms with E-state index in [0.29, 0.717) is 0 Å². The summed E-state index contributed by atoms with van der Waals surface area (Å²) < 4.78 is 5.38. The van der Waals surface area contributed by atoms with Crippen LogP contribution in [0.25, 0.3) is 0 Å². The van der Waals surface area contributed by atoms with Crippen LogP contribution in [0.5, 0.6) is 0 Å². The summed E-state index contributed by atoms with van der Waals surface area (Å²) in [6, 6.07) is 6.79. The fourth-order valence-electron chi connectivity index (χ4n) is 2.11. The predicted molar refractivity (Wildman–Crippen MR) is 78.3 cm³/mol. The van der Waals surface area contributed by atoms with Gasteiger partial charge in [-0.2, -0.15) is 0 Å². The first-order valence-electron chi connectivity index (χ1n) is 6.68. The zero-order chi connectivity index (χ0) is 13.5. The van der Waals surface area contributed by atoms with Crippen molar-refractivity contribution in [1.29, 1.82) is 0 Å². The molecule has 0 aliphatic rings. The van der Waals surface area contributed by atoms with E-state index in [1.54, 1.807) is 0 Å². The number of benzene rings is 1. The number of nitrogens with two attached hydrogens (primary N) is 1. The summed E-state index contributed by atoms with van der Waals surface area (Å²) >= 11 is 0. The van der Waals surface area contributed by atoms with Crippen molar-refractivity contribution in [3.8, 4) is 0 Å². The Kier molecular flexibility index (Phi) is 6.16. The molecule has 0 bridgehead atoms. The highest BCUT2D eigenvalue weighted by atomic mass is 16.5. The summed E-state index contributed by atoms with van der Waals surface area (Å²) in [5, 5.41) is 0. The lowest BCUT2D eigenvalue weighted by Crippen LogP contribution is -2.23. The zero-order valence-electron chi connectivity index (χ0n) is 12.1. The third-order valence-electron chi connectivity index (χ3n) is 3.01. The first-order chi connectivity index (χ1) is 8.54. The molecule has 0 radical (unpaired) electrons. The number of anilines is 1. The van der Waals surface area contributed by atoms with Crippen LogP contribution in [0, 0.1) is 6.92 Å². The molecule has 0 amide bonds. The quantitative estimate of drug-likeness (QED) is 0.755. The molecule has 0 fully saturated rings. The van der Waals surface area contributed by atoms with E-state index >= 15 is 0 Å². The summed E-state index contributed by atoms with van der Waals surface area (Å²) in [7, 11) is 2.10. The highest BCUT2D eigenvalue weighted by molar-refractivity contribution is 5.54. The fraction of sp³-hybridized carbons (Fsp3) is 0.600. The van der Waals surface area contributed by atoms with E-state index in [4.69, 9.17) is 10.5 Å². The fourth-order valence-corrected chi connectivity index (χ4v) is 2.11. The Morgan fingerprint density at radius 1 is 1.39 bits per heavy atom. The molecule has 0 saturated heterocycles. The molecule has 3 heteroatoms. The van der Waals surface area contributed by atoms with Crippen LogP contribution in [0.4, 0.5) is 5.69 Å². The van der Waals surface area contributed by atoms with Crippen LogP contribution in [0.3, 0.4) is 0 Å². The van der Waals surface area contributed by atoms with E-state index in [-0.39, 0.29) is 6.04 Å². The van der Waals surface area contributed by atoms with E-state index in [1.165, 1.54) is 16.8 Å². The number of likely N-dealkylation sites (N-methyl/N-ethyl adjacent to an activating group) is 1. The molecule has 0 saturated carbocycles. The van der Waals surface area contributed by atoms with Crippen molar-refractivity contribution in [3.63, 3.8) is 0 Å². The monoisotopic (exact) mass is 250 g/mol. The Labute approximate surface area is 111 Å². The molecule has 1 rings (SSSR count). The number of nitrogens with zero attached hydrogens (tertiary/aromatic N) is 1. The van der Waals surface area contributed by atoms with Gasteiger partial charge in [0.25, 0.3) is 0 Å². The Morgan fingerprint density at radius 2 is 2.11 bits per heavy atom. The summed E-state index contributed by atoms with van der Waals surface area (Å²) in [4.78, 5) is 2.24. The van der Waals surface area contributed by atoms with Crippen LogP contribution in [0.2, 0.25) is 0 Å². The van der Waals surface area contributed by atoms with Gasteiger partial charge < -0.3 is 15.4 Å². The second-order valence-corrected chi connectivity index (χ2v) is 4.92. The topological polar surface area (TPSA) is 38.5 Å². The van der Waals surface area contributed by atoms with Gasteiger partial charge in [-0.25, -0.2) is 0 Å². The van der Waals surface area contributed by atoms with Crippen molar-refractivity contribution in [3.05, 3.63) is 29.3 Å². The van der Waals surface area contributed by atoms with Gasteiger partial charge in [0.05, 0.1) is 6.61 Å². The minimum atomic E-state index is 0.214. The van der Waals surface area contributed by atoms with Gasteiger partial charge in [0.2, 0.25) is 0 Å². The second kappa shape index (κ2) is 7.39. The predicted octanol–water partition coefficient (Wildman–Crippen LogP) is 2.36. The summed E-state index contributed by atoms with van der Waals surface area (Å²) in [6.45, 7) is 8.68. The van der Waals surface area contributed by atoms with Crippen molar-refractivity contribution in [1.82, 2.24) is 0 Å². The second-order valence-electron chi connectivity index (χ2n) is 4.92. The Balaban J connectivity index is 2.66. The van der Waals surface area contributed by atoms with Crippen molar-refractivity contribution in [2.75, 3.05) is 31.7 Å². The molecule has 0 aromatic heterocycles.